The molecule has 0 rings (SSSR count). The number of esters is 1. The van der Waals surface area contributed by atoms with Crippen LogP contribution in [0.2, 0.25) is 0 Å². The van der Waals surface area contributed by atoms with Crippen molar-refractivity contribution >= 4 is 5.97 Å². The van der Waals surface area contributed by atoms with Crippen LogP contribution in [-0.2, 0) is 19.0 Å². The third-order valence-corrected chi connectivity index (χ3v) is 1.79. The highest BCUT2D eigenvalue weighted by Gasteiger charge is 1.97. The Morgan fingerprint density at radius 1 is 1.13 bits per heavy atom. The Kier molecular flexibility index (Phi) is 10.9. The monoisotopic (exact) mass is 219 g/mol. The minimum atomic E-state index is -0.191. The highest BCUT2D eigenvalue weighted by atomic mass is 16.5. The second-order valence-electron chi connectivity index (χ2n) is 3.03. The van der Waals surface area contributed by atoms with E-state index >= 15 is 0 Å². The molecule has 0 aromatic rings. The molecule has 5 nitrogen and oxygen atoms in total. The summed E-state index contributed by atoms with van der Waals surface area (Å²) in [6.45, 7) is 3.49. The lowest BCUT2D eigenvalue weighted by Gasteiger charge is -2.05. The van der Waals surface area contributed by atoms with E-state index in [-0.39, 0.29) is 5.97 Å². The molecule has 5 heteroatoms. The average molecular weight is 219 g/mol. The van der Waals surface area contributed by atoms with Crippen molar-refractivity contribution in [3.63, 3.8) is 0 Å². The molecule has 0 aliphatic carbocycles. The van der Waals surface area contributed by atoms with Gasteiger partial charge in [-0.15, -0.1) is 0 Å². The van der Waals surface area contributed by atoms with E-state index in [1.165, 1.54) is 7.11 Å². The third-order valence-electron chi connectivity index (χ3n) is 1.79. The van der Waals surface area contributed by atoms with Gasteiger partial charge in [-0.25, -0.2) is 0 Å². The van der Waals surface area contributed by atoms with Crippen molar-refractivity contribution in [1.29, 1.82) is 0 Å². The number of nitrogens with one attached hydrogen (secondary N) is 1. The van der Waals surface area contributed by atoms with E-state index in [1.54, 1.807) is 7.11 Å². The summed E-state index contributed by atoms with van der Waals surface area (Å²) in [5.41, 5.74) is 0. The van der Waals surface area contributed by atoms with Gasteiger partial charge in [-0.3, -0.25) is 4.79 Å². The van der Waals surface area contributed by atoms with E-state index in [4.69, 9.17) is 9.47 Å². The Morgan fingerprint density at radius 2 is 1.93 bits per heavy atom. The highest BCUT2D eigenvalue weighted by Crippen LogP contribution is 1.83. The molecule has 0 radical (unpaired) electrons. The van der Waals surface area contributed by atoms with Crippen molar-refractivity contribution < 1.29 is 19.0 Å². The number of hydrogen-bond acceptors (Lipinski definition) is 5. The summed E-state index contributed by atoms with van der Waals surface area (Å²) in [6.07, 6.45) is 1.32. The quantitative estimate of drug-likeness (QED) is 0.420. The van der Waals surface area contributed by atoms with E-state index in [9.17, 15) is 4.79 Å². The van der Waals surface area contributed by atoms with E-state index in [2.05, 4.69) is 10.1 Å². The lowest BCUT2D eigenvalue weighted by Crippen LogP contribution is -2.23. The summed E-state index contributed by atoms with van der Waals surface area (Å²) < 4.78 is 14.7. The van der Waals surface area contributed by atoms with Gasteiger partial charge in [0.2, 0.25) is 0 Å². The lowest BCUT2D eigenvalue weighted by molar-refractivity contribution is -0.140. The van der Waals surface area contributed by atoms with Gasteiger partial charge in [0, 0.05) is 33.4 Å². The zero-order valence-electron chi connectivity index (χ0n) is 9.58. The van der Waals surface area contributed by atoms with Crippen LogP contribution in [0.15, 0.2) is 0 Å². The minimum Gasteiger partial charge on any atom is -0.469 e. The second kappa shape index (κ2) is 11.4. The largest absolute Gasteiger partial charge is 0.469 e. The molecular weight excluding hydrogens is 198 g/mol. The topological polar surface area (TPSA) is 56.8 Å². The number of carbonyl (C=O) groups excluding carboxylic acids is 1. The Bertz CT molecular complexity index is 152. The van der Waals surface area contributed by atoms with Crippen LogP contribution in [0.4, 0.5) is 0 Å². The second-order valence-corrected chi connectivity index (χ2v) is 3.03. The minimum absolute atomic E-state index is 0.191. The Hall–Kier alpha value is -0.650. The molecule has 0 saturated carbocycles. The summed E-state index contributed by atoms with van der Waals surface area (Å²) in [4.78, 5) is 10.7. The maximum absolute atomic E-state index is 10.7. The van der Waals surface area contributed by atoms with Gasteiger partial charge in [0.15, 0.2) is 0 Å². The van der Waals surface area contributed by atoms with Crippen molar-refractivity contribution in [2.45, 2.75) is 12.8 Å². The number of hydrogen-bond donors (Lipinski definition) is 1. The molecule has 0 atom stereocenters. The first-order valence-electron chi connectivity index (χ1n) is 5.15. The number of rotatable bonds is 10. The van der Waals surface area contributed by atoms with Crippen molar-refractivity contribution in [3.05, 3.63) is 0 Å². The van der Waals surface area contributed by atoms with E-state index in [0.29, 0.717) is 26.2 Å². The Morgan fingerprint density at radius 3 is 2.60 bits per heavy atom. The molecule has 0 amide bonds. The fourth-order valence-electron chi connectivity index (χ4n) is 0.969. The SMILES string of the molecule is COCCCOCCNCCC(=O)OC. The van der Waals surface area contributed by atoms with E-state index < -0.39 is 0 Å². The molecule has 0 aromatic carbocycles. The fraction of sp³-hybridized carbons (Fsp3) is 0.900. The third kappa shape index (κ3) is 11.3. The predicted molar refractivity (Wildman–Crippen MR) is 56.8 cm³/mol. The van der Waals surface area contributed by atoms with Crippen molar-refractivity contribution in [1.82, 2.24) is 5.32 Å². The normalized spacial score (nSPS) is 10.3. The number of methoxy groups -OCH3 is 2. The van der Waals surface area contributed by atoms with Gasteiger partial charge in [0.25, 0.3) is 0 Å². The van der Waals surface area contributed by atoms with Crippen LogP contribution in [0.3, 0.4) is 0 Å². The van der Waals surface area contributed by atoms with Crippen LogP contribution < -0.4 is 5.32 Å². The fourth-order valence-corrected chi connectivity index (χ4v) is 0.969. The molecular formula is C10H21NO4. The molecule has 0 heterocycles. The van der Waals surface area contributed by atoms with Crippen molar-refractivity contribution in [2.75, 3.05) is 47.1 Å². The molecule has 90 valence electrons. The van der Waals surface area contributed by atoms with Crippen LogP contribution in [0.25, 0.3) is 0 Å². The van der Waals surface area contributed by atoms with Crippen molar-refractivity contribution in [2.24, 2.45) is 0 Å². The van der Waals surface area contributed by atoms with Gasteiger partial charge in [0.1, 0.15) is 0 Å². The number of ether oxygens (including phenoxy) is 3. The van der Waals surface area contributed by atoms with Gasteiger partial charge in [-0.05, 0) is 6.42 Å². The standard InChI is InChI=1S/C10H21NO4/c1-13-7-3-8-15-9-6-11-5-4-10(12)14-2/h11H,3-9H2,1-2H3. The summed E-state index contributed by atoms with van der Waals surface area (Å²) in [5.74, 6) is -0.191. The smallest absolute Gasteiger partial charge is 0.306 e. The first kappa shape index (κ1) is 14.3. The molecule has 0 unspecified atom stereocenters. The van der Waals surface area contributed by atoms with Crippen LogP contribution >= 0.6 is 0 Å². The van der Waals surface area contributed by atoms with Crippen LogP contribution in [0, 0.1) is 0 Å². The molecule has 0 spiro atoms. The zero-order chi connectivity index (χ0) is 11.4. The van der Waals surface area contributed by atoms with Gasteiger partial charge in [-0.1, -0.05) is 0 Å². The van der Waals surface area contributed by atoms with Gasteiger partial charge < -0.3 is 19.5 Å². The predicted octanol–water partition coefficient (Wildman–Crippen LogP) is 0.192. The summed E-state index contributed by atoms with van der Waals surface area (Å²) in [7, 11) is 3.07. The molecule has 15 heavy (non-hydrogen) atoms. The zero-order valence-corrected chi connectivity index (χ0v) is 9.58. The molecule has 0 bridgehead atoms. The molecule has 0 saturated heterocycles. The van der Waals surface area contributed by atoms with Crippen LogP contribution in [0.5, 0.6) is 0 Å². The first-order chi connectivity index (χ1) is 7.31. The van der Waals surface area contributed by atoms with Crippen LogP contribution in [-0.4, -0.2) is 53.1 Å². The molecule has 0 aliphatic rings. The van der Waals surface area contributed by atoms with Gasteiger partial charge >= 0.3 is 5.97 Å². The van der Waals surface area contributed by atoms with Gasteiger partial charge in [-0.2, -0.15) is 0 Å². The molecule has 0 aromatic heterocycles. The summed E-state index contributed by atoms with van der Waals surface area (Å²) >= 11 is 0. The van der Waals surface area contributed by atoms with Crippen LogP contribution in [0.1, 0.15) is 12.8 Å². The maximum atomic E-state index is 10.7. The Labute approximate surface area is 91.1 Å². The molecule has 0 fully saturated rings. The summed E-state index contributed by atoms with van der Waals surface area (Å²) in [5, 5.41) is 3.08. The lowest BCUT2D eigenvalue weighted by atomic mass is 10.4. The molecule has 1 N–H and O–H groups in total. The summed E-state index contributed by atoms with van der Waals surface area (Å²) in [6, 6.07) is 0. The van der Waals surface area contributed by atoms with Crippen molar-refractivity contribution in [3.8, 4) is 0 Å². The van der Waals surface area contributed by atoms with Gasteiger partial charge in [0.05, 0.1) is 20.1 Å². The average Bonchev–Trinajstić information content (AvgIpc) is 2.26. The Balaban J connectivity index is 2.95. The maximum Gasteiger partial charge on any atom is 0.306 e. The van der Waals surface area contributed by atoms with E-state index in [0.717, 1.165) is 19.6 Å². The van der Waals surface area contributed by atoms with E-state index in [1.807, 2.05) is 0 Å². The number of carbonyl (C=O) groups is 1. The highest BCUT2D eigenvalue weighted by molar-refractivity contribution is 5.69. The molecule has 0 aliphatic heterocycles. The first-order valence-corrected chi connectivity index (χ1v) is 5.15.